The molecule has 0 aliphatic rings. The van der Waals surface area contributed by atoms with Crippen molar-refractivity contribution >= 4 is 51.8 Å². The van der Waals surface area contributed by atoms with Crippen molar-refractivity contribution in [2.24, 2.45) is 4.99 Å². The standard InChI is InChI=1S/C18H14ClIN4O4/c1-10-13(18(25)23(22-10)12-5-3-11(20)4-6-12)9-21-15-7-14(19)16(24(26)27)8-17(15)28-2/h3-9,22H,1-2H3. The quantitative estimate of drug-likeness (QED) is 0.237. The van der Waals surface area contributed by atoms with Crippen molar-refractivity contribution in [2.45, 2.75) is 6.92 Å². The van der Waals surface area contributed by atoms with Gasteiger partial charge >= 0.3 is 0 Å². The predicted octanol–water partition coefficient (Wildman–Crippen LogP) is 4.40. The fourth-order valence-electron chi connectivity index (χ4n) is 2.55. The second kappa shape index (κ2) is 8.15. The lowest BCUT2D eigenvalue weighted by molar-refractivity contribution is -0.384. The number of H-pyrrole nitrogens is 1. The molecule has 144 valence electrons. The third-order valence-corrected chi connectivity index (χ3v) is 5.00. The summed E-state index contributed by atoms with van der Waals surface area (Å²) in [7, 11) is 1.37. The van der Waals surface area contributed by atoms with Gasteiger partial charge < -0.3 is 4.74 Å². The summed E-state index contributed by atoms with van der Waals surface area (Å²) in [5.41, 5.74) is 1.41. The highest BCUT2D eigenvalue weighted by atomic mass is 127. The number of hydrogen-bond acceptors (Lipinski definition) is 5. The summed E-state index contributed by atoms with van der Waals surface area (Å²) in [6, 6.07) is 9.99. The highest BCUT2D eigenvalue weighted by Gasteiger charge is 2.17. The predicted molar refractivity (Wildman–Crippen MR) is 116 cm³/mol. The van der Waals surface area contributed by atoms with Gasteiger partial charge in [0.15, 0.2) is 5.75 Å². The van der Waals surface area contributed by atoms with Crippen LogP contribution in [0.3, 0.4) is 0 Å². The second-order valence-corrected chi connectivity index (χ2v) is 7.41. The van der Waals surface area contributed by atoms with Gasteiger partial charge in [0.05, 0.1) is 29.4 Å². The Morgan fingerprint density at radius 1 is 1.32 bits per heavy atom. The van der Waals surface area contributed by atoms with Gasteiger partial charge in [-0.1, -0.05) is 11.6 Å². The molecule has 0 amide bonds. The molecule has 0 bridgehead atoms. The number of benzene rings is 2. The molecule has 0 spiro atoms. The Bertz CT molecular complexity index is 1140. The first-order valence-corrected chi connectivity index (χ1v) is 9.41. The van der Waals surface area contributed by atoms with Crippen LogP contribution in [0, 0.1) is 20.6 Å². The lowest BCUT2D eigenvalue weighted by Gasteiger charge is -2.05. The minimum Gasteiger partial charge on any atom is -0.494 e. The molecule has 1 N–H and O–H groups in total. The molecule has 3 aromatic rings. The summed E-state index contributed by atoms with van der Waals surface area (Å²) in [5, 5.41) is 14.0. The number of aliphatic imine (C=N–C) groups is 1. The molecule has 0 aliphatic heterocycles. The third kappa shape index (κ3) is 3.94. The highest BCUT2D eigenvalue weighted by Crippen LogP contribution is 2.37. The molecule has 1 heterocycles. The summed E-state index contributed by atoms with van der Waals surface area (Å²) in [6.45, 7) is 1.76. The molecule has 1 aromatic heterocycles. The number of aryl methyl sites for hydroxylation is 1. The lowest BCUT2D eigenvalue weighted by Crippen LogP contribution is -2.17. The number of nitro benzene ring substituents is 1. The smallest absolute Gasteiger partial charge is 0.291 e. The Morgan fingerprint density at radius 3 is 2.61 bits per heavy atom. The number of halogens is 2. The monoisotopic (exact) mass is 512 g/mol. The number of nitrogens with zero attached hydrogens (tertiary/aromatic N) is 3. The first-order chi connectivity index (χ1) is 13.3. The van der Waals surface area contributed by atoms with E-state index in [0.29, 0.717) is 16.9 Å². The number of nitro groups is 1. The van der Waals surface area contributed by atoms with Crippen molar-refractivity contribution in [3.05, 3.63) is 76.7 Å². The van der Waals surface area contributed by atoms with Crippen LogP contribution in [-0.2, 0) is 0 Å². The number of rotatable bonds is 5. The fraction of sp³-hybridized carbons (Fsp3) is 0.111. The van der Waals surface area contributed by atoms with Crippen molar-refractivity contribution in [3.8, 4) is 11.4 Å². The molecule has 28 heavy (non-hydrogen) atoms. The average molecular weight is 513 g/mol. The maximum atomic E-state index is 12.8. The molecule has 0 unspecified atom stereocenters. The van der Waals surface area contributed by atoms with Crippen LogP contribution in [0.5, 0.6) is 5.75 Å². The van der Waals surface area contributed by atoms with E-state index in [4.69, 9.17) is 16.3 Å². The van der Waals surface area contributed by atoms with Crippen molar-refractivity contribution in [1.29, 1.82) is 0 Å². The zero-order chi connectivity index (χ0) is 20.4. The molecular formula is C18H14ClIN4O4. The second-order valence-electron chi connectivity index (χ2n) is 5.76. The van der Waals surface area contributed by atoms with Gasteiger partial charge in [-0.2, -0.15) is 0 Å². The number of hydrogen-bond donors (Lipinski definition) is 1. The molecule has 2 aromatic carbocycles. The van der Waals surface area contributed by atoms with E-state index in [0.717, 1.165) is 3.57 Å². The fourth-order valence-corrected chi connectivity index (χ4v) is 3.14. The van der Waals surface area contributed by atoms with Crippen LogP contribution in [-0.4, -0.2) is 28.0 Å². The SMILES string of the molecule is COc1cc([N+](=O)[O-])c(Cl)cc1N=Cc1c(C)[nH]n(-c2ccc(I)cc2)c1=O. The largest absolute Gasteiger partial charge is 0.494 e. The number of methoxy groups -OCH3 is 1. The van der Waals surface area contributed by atoms with E-state index in [1.165, 1.54) is 30.1 Å². The number of nitrogens with one attached hydrogen (secondary N) is 1. The number of ether oxygens (including phenoxy) is 1. The maximum absolute atomic E-state index is 12.8. The minimum absolute atomic E-state index is 0.0694. The van der Waals surface area contributed by atoms with E-state index in [-0.39, 0.29) is 27.7 Å². The molecule has 0 radical (unpaired) electrons. The Morgan fingerprint density at radius 2 is 2.00 bits per heavy atom. The van der Waals surface area contributed by atoms with E-state index < -0.39 is 4.92 Å². The molecule has 10 heteroatoms. The van der Waals surface area contributed by atoms with Crippen LogP contribution in [0.4, 0.5) is 11.4 Å². The maximum Gasteiger partial charge on any atom is 0.291 e. The van der Waals surface area contributed by atoms with Crippen molar-refractivity contribution in [1.82, 2.24) is 9.78 Å². The van der Waals surface area contributed by atoms with Gasteiger partial charge in [0.25, 0.3) is 11.2 Å². The van der Waals surface area contributed by atoms with Crippen LogP contribution in [0.2, 0.25) is 5.02 Å². The summed E-state index contributed by atoms with van der Waals surface area (Å²) < 4.78 is 7.64. The first-order valence-electron chi connectivity index (χ1n) is 7.95. The normalized spacial score (nSPS) is 11.1. The molecule has 0 aliphatic carbocycles. The summed E-state index contributed by atoms with van der Waals surface area (Å²) in [4.78, 5) is 27.4. The minimum atomic E-state index is -0.603. The molecule has 0 atom stereocenters. The summed E-state index contributed by atoms with van der Waals surface area (Å²) >= 11 is 8.14. The van der Waals surface area contributed by atoms with Gasteiger partial charge in [0, 0.05) is 15.5 Å². The third-order valence-electron chi connectivity index (χ3n) is 3.98. The van der Waals surface area contributed by atoms with Crippen LogP contribution < -0.4 is 10.3 Å². The van der Waals surface area contributed by atoms with E-state index >= 15 is 0 Å². The van der Waals surface area contributed by atoms with Crippen LogP contribution in [0.1, 0.15) is 11.3 Å². The Kier molecular flexibility index (Phi) is 5.84. The number of aromatic amines is 1. The van der Waals surface area contributed by atoms with E-state index in [2.05, 4.69) is 32.7 Å². The van der Waals surface area contributed by atoms with Crippen molar-refractivity contribution < 1.29 is 9.66 Å². The van der Waals surface area contributed by atoms with E-state index in [9.17, 15) is 14.9 Å². The van der Waals surface area contributed by atoms with Gasteiger partial charge in [0.1, 0.15) is 10.7 Å². The average Bonchev–Trinajstić information content (AvgIpc) is 2.94. The van der Waals surface area contributed by atoms with Crippen LogP contribution >= 0.6 is 34.2 Å². The Balaban J connectivity index is 2.02. The van der Waals surface area contributed by atoms with Gasteiger partial charge in [-0.15, -0.1) is 0 Å². The lowest BCUT2D eigenvalue weighted by atomic mass is 10.2. The molecule has 0 saturated heterocycles. The van der Waals surface area contributed by atoms with E-state index in [1.807, 2.05) is 24.3 Å². The molecule has 0 fully saturated rings. The Labute approximate surface area is 178 Å². The molecule has 8 nitrogen and oxygen atoms in total. The van der Waals surface area contributed by atoms with Crippen molar-refractivity contribution in [3.63, 3.8) is 0 Å². The van der Waals surface area contributed by atoms with Gasteiger partial charge in [0.2, 0.25) is 0 Å². The first kappa shape index (κ1) is 20.1. The molecule has 0 saturated carbocycles. The van der Waals surface area contributed by atoms with Gasteiger partial charge in [-0.3, -0.25) is 25.0 Å². The molecule has 3 rings (SSSR count). The van der Waals surface area contributed by atoms with Gasteiger partial charge in [-0.05, 0) is 59.8 Å². The zero-order valence-electron chi connectivity index (χ0n) is 14.8. The zero-order valence-corrected chi connectivity index (χ0v) is 17.7. The molecular weight excluding hydrogens is 499 g/mol. The van der Waals surface area contributed by atoms with E-state index in [1.54, 1.807) is 6.92 Å². The summed E-state index contributed by atoms with van der Waals surface area (Å²) in [5.74, 6) is 0.179. The Hall–Kier alpha value is -2.66. The number of aromatic nitrogens is 2. The topological polar surface area (TPSA) is 103 Å². The van der Waals surface area contributed by atoms with Gasteiger partial charge in [-0.25, -0.2) is 4.68 Å². The van der Waals surface area contributed by atoms with Crippen molar-refractivity contribution in [2.75, 3.05) is 7.11 Å². The highest BCUT2D eigenvalue weighted by molar-refractivity contribution is 14.1. The van der Waals surface area contributed by atoms with Crippen LogP contribution in [0.25, 0.3) is 5.69 Å². The summed E-state index contributed by atoms with van der Waals surface area (Å²) in [6.07, 6.45) is 1.39. The van der Waals surface area contributed by atoms with Crippen LogP contribution in [0.15, 0.2) is 46.2 Å².